The monoisotopic (exact) mass is 324 g/mol. The van der Waals surface area contributed by atoms with Crippen molar-refractivity contribution in [2.24, 2.45) is 5.92 Å². The first-order chi connectivity index (χ1) is 9.85. The fourth-order valence-electron chi connectivity index (χ4n) is 2.97. The van der Waals surface area contributed by atoms with Crippen LogP contribution < -0.4 is 4.90 Å². The first-order valence-electron chi connectivity index (χ1n) is 6.84. The lowest BCUT2D eigenvalue weighted by Crippen LogP contribution is -2.57. The van der Waals surface area contributed by atoms with Crippen LogP contribution in [-0.2, 0) is 9.84 Å². The number of aromatic nitrogens is 1. The van der Waals surface area contributed by atoms with Crippen molar-refractivity contribution in [2.75, 3.05) is 23.5 Å². The SMILES string of the molecule is C[C@@H]1[C@@H](CS(C)(=O)=O)CN1c1cccc2cc(Cl)ncc12. The number of nitrogens with zero attached hydrogens (tertiary/aromatic N) is 2. The molecule has 1 aliphatic rings. The molecule has 0 aliphatic carbocycles. The van der Waals surface area contributed by atoms with Crippen LogP contribution in [0.25, 0.3) is 10.8 Å². The predicted molar refractivity (Wildman–Crippen MR) is 86.8 cm³/mol. The van der Waals surface area contributed by atoms with Crippen molar-refractivity contribution in [3.63, 3.8) is 0 Å². The summed E-state index contributed by atoms with van der Waals surface area (Å²) >= 11 is 5.93. The predicted octanol–water partition coefficient (Wildman–Crippen LogP) is 2.76. The van der Waals surface area contributed by atoms with Crippen LogP contribution in [0, 0.1) is 5.92 Å². The average molecular weight is 325 g/mol. The fourth-order valence-corrected chi connectivity index (χ4v) is 4.29. The summed E-state index contributed by atoms with van der Waals surface area (Å²) in [5.74, 6) is 0.440. The van der Waals surface area contributed by atoms with Crippen molar-refractivity contribution in [2.45, 2.75) is 13.0 Å². The number of rotatable bonds is 3. The maximum Gasteiger partial charge on any atom is 0.147 e. The molecule has 0 amide bonds. The van der Waals surface area contributed by atoms with Gasteiger partial charge in [-0.25, -0.2) is 13.4 Å². The van der Waals surface area contributed by atoms with Crippen molar-refractivity contribution < 1.29 is 8.42 Å². The summed E-state index contributed by atoms with van der Waals surface area (Å²) in [5.41, 5.74) is 1.09. The standard InChI is InChI=1S/C15H17ClN2O2S/c1-10-12(9-21(2,19)20)8-18(10)14-5-3-4-11-6-15(16)17-7-13(11)14/h3-7,10,12H,8-9H2,1-2H3/t10-,12-/m1/s1. The third-order valence-electron chi connectivity index (χ3n) is 4.14. The van der Waals surface area contributed by atoms with E-state index in [1.165, 1.54) is 6.26 Å². The van der Waals surface area contributed by atoms with Gasteiger partial charge < -0.3 is 4.90 Å². The molecule has 112 valence electrons. The minimum atomic E-state index is -2.93. The highest BCUT2D eigenvalue weighted by Crippen LogP contribution is 2.36. The molecule has 1 saturated heterocycles. The normalized spacial score (nSPS) is 22.3. The maximum absolute atomic E-state index is 11.4. The van der Waals surface area contributed by atoms with E-state index in [2.05, 4.69) is 16.8 Å². The second-order valence-corrected chi connectivity index (χ2v) is 8.32. The molecule has 2 atom stereocenters. The van der Waals surface area contributed by atoms with Gasteiger partial charge in [0.2, 0.25) is 0 Å². The molecular weight excluding hydrogens is 308 g/mol. The summed E-state index contributed by atoms with van der Waals surface area (Å²) in [6.07, 6.45) is 3.08. The van der Waals surface area contributed by atoms with Crippen LogP contribution >= 0.6 is 11.6 Å². The van der Waals surface area contributed by atoms with Gasteiger partial charge in [0.15, 0.2) is 0 Å². The van der Waals surface area contributed by atoms with Gasteiger partial charge in [-0.05, 0) is 24.4 Å². The van der Waals surface area contributed by atoms with Gasteiger partial charge in [-0.15, -0.1) is 0 Å². The van der Waals surface area contributed by atoms with Gasteiger partial charge in [0.1, 0.15) is 15.0 Å². The van der Waals surface area contributed by atoms with Crippen LogP contribution in [-0.4, -0.2) is 38.0 Å². The van der Waals surface area contributed by atoms with E-state index in [4.69, 9.17) is 11.6 Å². The maximum atomic E-state index is 11.4. The van der Waals surface area contributed by atoms with Crippen molar-refractivity contribution in [1.82, 2.24) is 4.98 Å². The quantitative estimate of drug-likeness (QED) is 0.815. The number of fused-ring (bicyclic) bond motifs is 1. The molecule has 2 aromatic rings. The smallest absolute Gasteiger partial charge is 0.147 e. The lowest BCUT2D eigenvalue weighted by molar-refractivity contribution is 0.342. The van der Waals surface area contributed by atoms with Crippen LogP contribution in [0.4, 0.5) is 5.69 Å². The summed E-state index contributed by atoms with van der Waals surface area (Å²) < 4.78 is 22.9. The molecule has 21 heavy (non-hydrogen) atoms. The zero-order valence-electron chi connectivity index (χ0n) is 12.0. The Bertz CT molecular complexity index is 791. The largest absolute Gasteiger partial charge is 0.368 e. The molecule has 1 fully saturated rings. The van der Waals surface area contributed by atoms with Crippen LogP contribution in [0.3, 0.4) is 0 Å². The molecule has 0 unspecified atom stereocenters. The summed E-state index contributed by atoms with van der Waals surface area (Å²) in [7, 11) is -2.93. The van der Waals surface area contributed by atoms with Gasteiger partial charge in [-0.3, -0.25) is 0 Å². The molecule has 3 rings (SSSR count). The minimum absolute atomic E-state index is 0.190. The minimum Gasteiger partial charge on any atom is -0.368 e. The van der Waals surface area contributed by atoms with Gasteiger partial charge in [-0.2, -0.15) is 0 Å². The van der Waals surface area contributed by atoms with E-state index < -0.39 is 9.84 Å². The van der Waals surface area contributed by atoms with E-state index in [0.29, 0.717) is 5.15 Å². The molecule has 0 N–H and O–H groups in total. The highest BCUT2D eigenvalue weighted by Gasteiger charge is 2.37. The molecule has 6 heteroatoms. The van der Waals surface area contributed by atoms with Crippen molar-refractivity contribution in [1.29, 1.82) is 0 Å². The van der Waals surface area contributed by atoms with E-state index >= 15 is 0 Å². The van der Waals surface area contributed by atoms with Crippen LogP contribution in [0.15, 0.2) is 30.5 Å². The molecule has 1 aromatic carbocycles. The number of benzene rings is 1. The van der Waals surface area contributed by atoms with Gasteiger partial charge in [0.25, 0.3) is 0 Å². The Morgan fingerprint density at radius 2 is 2.19 bits per heavy atom. The Morgan fingerprint density at radius 1 is 1.43 bits per heavy atom. The Morgan fingerprint density at radius 3 is 2.86 bits per heavy atom. The summed E-state index contributed by atoms with van der Waals surface area (Å²) in [6.45, 7) is 2.83. The van der Waals surface area contributed by atoms with Gasteiger partial charge in [0.05, 0.1) is 5.75 Å². The van der Waals surface area contributed by atoms with Crippen molar-refractivity contribution in [3.05, 3.63) is 35.6 Å². The lowest BCUT2D eigenvalue weighted by Gasteiger charge is -2.48. The number of sulfone groups is 1. The Balaban J connectivity index is 1.90. The Kier molecular flexibility index (Phi) is 3.58. The zero-order chi connectivity index (χ0) is 15.2. The van der Waals surface area contributed by atoms with Gasteiger partial charge >= 0.3 is 0 Å². The Hall–Kier alpha value is -1.33. The number of anilines is 1. The van der Waals surface area contributed by atoms with Crippen molar-refractivity contribution in [3.8, 4) is 0 Å². The fraction of sp³-hybridized carbons (Fsp3) is 0.400. The molecule has 1 aliphatic heterocycles. The second kappa shape index (κ2) is 5.14. The van der Waals surface area contributed by atoms with Crippen LogP contribution in [0.5, 0.6) is 0 Å². The Labute approximate surface area is 129 Å². The molecular formula is C15H17ClN2O2S. The van der Waals surface area contributed by atoms with E-state index in [9.17, 15) is 8.42 Å². The average Bonchev–Trinajstić information content (AvgIpc) is 2.41. The first kappa shape index (κ1) is 14.6. The third kappa shape index (κ3) is 2.85. The zero-order valence-corrected chi connectivity index (χ0v) is 13.5. The summed E-state index contributed by atoms with van der Waals surface area (Å²) in [6, 6.07) is 8.10. The number of pyridine rings is 1. The molecule has 0 bridgehead atoms. The molecule has 0 spiro atoms. The number of hydrogen-bond donors (Lipinski definition) is 0. The van der Waals surface area contributed by atoms with E-state index in [1.54, 1.807) is 6.20 Å². The van der Waals surface area contributed by atoms with E-state index in [0.717, 1.165) is 23.0 Å². The van der Waals surface area contributed by atoms with Gasteiger partial charge in [-0.1, -0.05) is 23.7 Å². The third-order valence-corrected chi connectivity index (χ3v) is 5.38. The second-order valence-electron chi connectivity index (χ2n) is 5.75. The summed E-state index contributed by atoms with van der Waals surface area (Å²) in [5, 5.41) is 2.57. The summed E-state index contributed by atoms with van der Waals surface area (Å²) in [4.78, 5) is 6.39. The highest BCUT2D eigenvalue weighted by molar-refractivity contribution is 7.90. The number of halogens is 1. The van der Waals surface area contributed by atoms with E-state index in [1.807, 2.05) is 24.3 Å². The molecule has 0 radical (unpaired) electrons. The van der Waals surface area contributed by atoms with Crippen molar-refractivity contribution >= 4 is 37.9 Å². The first-order valence-corrected chi connectivity index (χ1v) is 9.27. The lowest BCUT2D eigenvalue weighted by atomic mass is 9.90. The highest BCUT2D eigenvalue weighted by atomic mass is 35.5. The van der Waals surface area contributed by atoms with Gasteiger partial charge in [0, 0.05) is 42.0 Å². The molecule has 1 aromatic heterocycles. The topological polar surface area (TPSA) is 50.3 Å². The molecule has 0 saturated carbocycles. The molecule has 2 heterocycles. The van der Waals surface area contributed by atoms with Crippen LogP contribution in [0.2, 0.25) is 5.15 Å². The van der Waals surface area contributed by atoms with Crippen LogP contribution in [0.1, 0.15) is 6.92 Å². The number of hydrogen-bond acceptors (Lipinski definition) is 4. The molecule has 4 nitrogen and oxygen atoms in total. The van der Waals surface area contributed by atoms with E-state index in [-0.39, 0.29) is 17.7 Å².